The Hall–Kier alpha value is -2.13. The normalized spacial score (nSPS) is 15.3. The number of nitrogens with zero attached hydrogens (tertiary/aromatic N) is 1. The minimum absolute atomic E-state index is 0.163. The molecule has 0 aromatic heterocycles. The predicted molar refractivity (Wildman–Crippen MR) is 82.2 cm³/mol. The Bertz CT molecular complexity index is 733. The summed E-state index contributed by atoms with van der Waals surface area (Å²) in [6.45, 7) is 3.99. The van der Waals surface area contributed by atoms with Crippen LogP contribution in [0.5, 0.6) is 0 Å². The van der Waals surface area contributed by atoms with Crippen molar-refractivity contribution in [3.05, 3.63) is 58.1 Å². The molecule has 1 heterocycles. The molecule has 0 bridgehead atoms. The molecule has 1 N–H and O–H groups in total. The van der Waals surface area contributed by atoms with Gasteiger partial charge in [0.1, 0.15) is 5.71 Å². The highest BCUT2D eigenvalue weighted by Crippen LogP contribution is 2.30. The zero-order chi connectivity index (χ0) is 14.3. The van der Waals surface area contributed by atoms with E-state index in [1.807, 2.05) is 26.0 Å². The lowest BCUT2D eigenvalue weighted by Gasteiger charge is -2.04. The molecule has 0 spiro atoms. The van der Waals surface area contributed by atoms with E-state index in [2.05, 4.69) is 10.3 Å². The molecule has 0 fully saturated rings. The van der Waals surface area contributed by atoms with Crippen molar-refractivity contribution >= 4 is 34.6 Å². The SMILES string of the molecule is Cc1cc(C)c2c(c1)C(=Nc1ccc(Cl)cc1)C(=O)N2. The Morgan fingerprint density at radius 3 is 2.50 bits per heavy atom. The van der Waals surface area contributed by atoms with Gasteiger partial charge in [0.2, 0.25) is 0 Å². The fraction of sp³-hybridized carbons (Fsp3) is 0.125. The summed E-state index contributed by atoms with van der Waals surface area (Å²) in [5, 5.41) is 3.53. The lowest BCUT2D eigenvalue weighted by Crippen LogP contribution is -2.14. The Morgan fingerprint density at radius 2 is 1.80 bits per heavy atom. The zero-order valence-corrected chi connectivity index (χ0v) is 12.0. The van der Waals surface area contributed by atoms with Crippen LogP contribution < -0.4 is 5.32 Å². The molecule has 1 aliphatic heterocycles. The number of nitrogens with one attached hydrogen (secondary N) is 1. The molecule has 100 valence electrons. The maximum Gasteiger partial charge on any atom is 0.275 e. The molecule has 2 aromatic rings. The molecule has 0 saturated heterocycles. The van der Waals surface area contributed by atoms with Gasteiger partial charge in [-0.1, -0.05) is 23.2 Å². The Balaban J connectivity index is 2.12. The first-order valence-electron chi connectivity index (χ1n) is 6.32. The smallest absolute Gasteiger partial charge is 0.275 e. The minimum atomic E-state index is -0.163. The standard InChI is InChI=1S/C16H13ClN2O/c1-9-7-10(2)14-13(8-9)15(16(20)19-14)18-12-5-3-11(17)4-6-12/h3-8H,1-2H3,(H,18,19,20). The van der Waals surface area contributed by atoms with Crippen molar-refractivity contribution in [1.82, 2.24) is 0 Å². The summed E-state index contributed by atoms with van der Waals surface area (Å²) in [4.78, 5) is 16.5. The quantitative estimate of drug-likeness (QED) is 0.844. The number of hydrogen-bond acceptors (Lipinski definition) is 2. The fourth-order valence-electron chi connectivity index (χ4n) is 2.37. The molecule has 20 heavy (non-hydrogen) atoms. The third kappa shape index (κ3) is 2.21. The summed E-state index contributed by atoms with van der Waals surface area (Å²) in [6, 6.07) is 11.1. The van der Waals surface area contributed by atoms with Gasteiger partial charge in [-0.3, -0.25) is 4.79 Å². The Morgan fingerprint density at radius 1 is 1.10 bits per heavy atom. The number of halogens is 1. The van der Waals surface area contributed by atoms with E-state index in [-0.39, 0.29) is 5.91 Å². The summed E-state index contributed by atoms with van der Waals surface area (Å²) in [5.74, 6) is -0.163. The average molecular weight is 285 g/mol. The van der Waals surface area contributed by atoms with Gasteiger partial charge in [0.05, 0.1) is 11.4 Å². The monoisotopic (exact) mass is 284 g/mol. The number of anilines is 1. The van der Waals surface area contributed by atoms with E-state index in [0.717, 1.165) is 22.4 Å². The molecule has 0 unspecified atom stereocenters. The lowest BCUT2D eigenvalue weighted by atomic mass is 10.0. The van der Waals surface area contributed by atoms with Crippen molar-refractivity contribution < 1.29 is 4.79 Å². The van der Waals surface area contributed by atoms with E-state index in [9.17, 15) is 4.79 Å². The molecule has 0 saturated carbocycles. The molecule has 1 amide bonds. The number of amides is 1. The molecule has 2 aromatic carbocycles. The van der Waals surface area contributed by atoms with Crippen molar-refractivity contribution in [2.75, 3.05) is 5.32 Å². The second-order valence-corrected chi connectivity index (χ2v) is 5.33. The van der Waals surface area contributed by atoms with E-state index in [1.54, 1.807) is 24.3 Å². The number of aryl methyl sites for hydroxylation is 2. The van der Waals surface area contributed by atoms with Crippen LogP contribution in [0, 0.1) is 13.8 Å². The van der Waals surface area contributed by atoms with Crippen molar-refractivity contribution in [2.45, 2.75) is 13.8 Å². The van der Waals surface area contributed by atoms with E-state index in [4.69, 9.17) is 11.6 Å². The van der Waals surface area contributed by atoms with Gasteiger partial charge in [-0.05, 0) is 49.7 Å². The van der Waals surface area contributed by atoms with Crippen molar-refractivity contribution in [3.63, 3.8) is 0 Å². The van der Waals surface area contributed by atoms with Gasteiger partial charge >= 0.3 is 0 Å². The maximum atomic E-state index is 12.1. The first kappa shape index (κ1) is 12.9. The zero-order valence-electron chi connectivity index (χ0n) is 11.2. The van der Waals surface area contributed by atoms with Crippen LogP contribution >= 0.6 is 11.6 Å². The van der Waals surface area contributed by atoms with Crippen LogP contribution in [-0.4, -0.2) is 11.6 Å². The molecule has 0 aliphatic carbocycles. The van der Waals surface area contributed by atoms with E-state index >= 15 is 0 Å². The molecule has 0 atom stereocenters. The predicted octanol–water partition coefficient (Wildman–Crippen LogP) is 4.03. The van der Waals surface area contributed by atoms with Gasteiger partial charge in [-0.2, -0.15) is 0 Å². The summed E-state index contributed by atoms with van der Waals surface area (Å²) in [6.07, 6.45) is 0. The van der Waals surface area contributed by atoms with Gasteiger partial charge < -0.3 is 5.32 Å². The molecule has 3 nitrogen and oxygen atoms in total. The number of hydrogen-bond donors (Lipinski definition) is 1. The maximum absolute atomic E-state index is 12.1. The van der Waals surface area contributed by atoms with Crippen LogP contribution in [0.25, 0.3) is 0 Å². The molecule has 0 radical (unpaired) electrons. The minimum Gasteiger partial charge on any atom is -0.320 e. The van der Waals surface area contributed by atoms with Crippen LogP contribution in [0.3, 0.4) is 0 Å². The van der Waals surface area contributed by atoms with Crippen molar-refractivity contribution in [3.8, 4) is 0 Å². The van der Waals surface area contributed by atoms with Crippen LogP contribution in [0.15, 0.2) is 41.4 Å². The number of rotatable bonds is 1. The fourth-order valence-corrected chi connectivity index (χ4v) is 2.50. The largest absolute Gasteiger partial charge is 0.320 e. The van der Waals surface area contributed by atoms with Crippen molar-refractivity contribution in [2.24, 2.45) is 4.99 Å². The number of carbonyl (C=O) groups excluding carboxylic acids is 1. The highest BCUT2D eigenvalue weighted by molar-refractivity contribution is 6.54. The summed E-state index contributed by atoms with van der Waals surface area (Å²) >= 11 is 5.85. The summed E-state index contributed by atoms with van der Waals surface area (Å²) in [7, 11) is 0. The highest BCUT2D eigenvalue weighted by atomic mass is 35.5. The van der Waals surface area contributed by atoms with Gasteiger partial charge in [0, 0.05) is 10.6 Å². The van der Waals surface area contributed by atoms with Crippen LogP contribution in [0.2, 0.25) is 5.02 Å². The Kier molecular flexibility index (Phi) is 3.07. The third-order valence-electron chi connectivity index (χ3n) is 3.26. The topological polar surface area (TPSA) is 41.5 Å². The average Bonchev–Trinajstić information content (AvgIpc) is 2.70. The van der Waals surface area contributed by atoms with Gasteiger partial charge in [0.15, 0.2) is 0 Å². The second-order valence-electron chi connectivity index (χ2n) is 4.90. The number of aliphatic imine (C=N–C) groups is 1. The summed E-state index contributed by atoms with van der Waals surface area (Å²) < 4.78 is 0. The van der Waals surface area contributed by atoms with E-state index in [1.165, 1.54) is 0 Å². The second kappa shape index (κ2) is 4.76. The third-order valence-corrected chi connectivity index (χ3v) is 3.51. The number of benzene rings is 2. The Labute approximate surface area is 122 Å². The molecule has 3 rings (SSSR count). The first-order valence-corrected chi connectivity index (χ1v) is 6.69. The number of carbonyl (C=O) groups is 1. The van der Waals surface area contributed by atoms with Crippen LogP contribution in [-0.2, 0) is 4.79 Å². The van der Waals surface area contributed by atoms with Crippen LogP contribution in [0.4, 0.5) is 11.4 Å². The summed E-state index contributed by atoms with van der Waals surface area (Å²) in [5.41, 5.74) is 5.05. The number of fused-ring (bicyclic) bond motifs is 1. The lowest BCUT2D eigenvalue weighted by molar-refractivity contribution is -0.110. The highest BCUT2D eigenvalue weighted by Gasteiger charge is 2.27. The van der Waals surface area contributed by atoms with E-state index in [0.29, 0.717) is 16.4 Å². The van der Waals surface area contributed by atoms with E-state index < -0.39 is 0 Å². The molecule has 4 heteroatoms. The molecular formula is C16H13ClN2O. The molecular weight excluding hydrogens is 272 g/mol. The van der Waals surface area contributed by atoms with Crippen molar-refractivity contribution in [1.29, 1.82) is 0 Å². The van der Waals surface area contributed by atoms with Gasteiger partial charge in [0.25, 0.3) is 5.91 Å². The molecule has 1 aliphatic rings. The van der Waals surface area contributed by atoms with Gasteiger partial charge in [-0.15, -0.1) is 0 Å². The van der Waals surface area contributed by atoms with Gasteiger partial charge in [-0.25, -0.2) is 4.99 Å². The first-order chi connectivity index (χ1) is 9.54. The van der Waals surface area contributed by atoms with Crippen LogP contribution in [0.1, 0.15) is 16.7 Å².